The van der Waals surface area contributed by atoms with Gasteiger partial charge in [0.15, 0.2) is 17.2 Å². The van der Waals surface area contributed by atoms with Crippen molar-refractivity contribution in [1.82, 2.24) is 14.6 Å². The predicted octanol–water partition coefficient (Wildman–Crippen LogP) is 0.941. The molecule has 0 radical (unpaired) electrons. The summed E-state index contributed by atoms with van der Waals surface area (Å²) >= 11 is 0. The maximum Gasteiger partial charge on any atom is 0.200 e. The molecule has 1 aliphatic rings. The molecular formula is C12H14N4O2. The Morgan fingerprint density at radius 3 is 2.78 bits per heavy atom. The minimum Gasteiger partial charge on any atom is -0.493 e. The number of ether oxygens (including phenoxy) is 1. The molecule has 1 fully saturated rings. The number of Topliss-reactive ketones (excluding diaryl/α,β-unsaturated/α-hetero) is 1. The molecule has 94 valence electrons. The number of ketones is 1. The van der Waals surface area contributed by atoms with Crippen molar-refractivity contribution in [3.63, 3.8) is 0 Å². The summed E-state index contributed by atoms with van der Waals surface area (Å²) in [6, 6.07) is 3.45. The van der Waals surface area contributed by atoms with Crippen molar-refractivity contribution >= 4 is 17.2 Å². The Kier molecular flexibility index (Phi) is 2.10. The fourth-order valence-electron chi connectivity index (χ4n) is 2.18. The van der Waals surface area contributed by atoms with E-state index in [-0.39, 0.29) is 5.78 Å². The molecule has 6 heteroatoms. The van der Waals surface area contributed by atoms with Crippen molar-refractivity contribution in [2.24, 2.45) is 0 Å². The van der Waals surface area contributed by atoms with Gasteiger partial charge in [-0.2, -0.15) is 4.52 Å². The van der Waals surface area contributed by atoms with Crippen LogP contribution >= 0.6 is 0 Å². The third-order valence-corrected chi connectivity index (χ3v) is 3.55. The highest BCUT2D eigenvalue weighted by Gasteiger charge is 2.52. The molecule has 2 heterocycles. The fraction of sp³-hybridized carbons (Fsp3) is 0.417. The third kappa shape index (κ3) is 1.32. The van der Waals surface area contributed by atoms with Crippen LogP contribution in [-0.4, -0.2) is 27.5 Å². The lowest BCUT2D eigenvalue weighted by molar-refractivity contribution is -0.119. The van der Waals surface area contributed by atoms with Crippen LogP contribution < -0.4 is 10.5 Å². The smallest absolute Gasteiger partial charge is 0.200 e. The number of pyridine rings is 1. The fourth-order valence-corrected chi connectivity index (χ4v) is 2.18. The van der Waals surface area contributed by atoms with E-state index in [9.17, 15) is 4.79 Å². The van der Waals surface area contributed by atoms with Gasteiger partial charge in [0.25, 0.3) is 0 Å². The second-order valence-electron chi connectivity index (χ2n) is 4.64. The van der Waals surface area contributed by atoms with Crippen LogP contribution in [0.2, 0.25) is 0 Å². The van der Waals surface area contributed by atoms with E-state index >= 15 is 0 Å². The van der Waals surface area contributed by atoms with Crippen LogP contribution in [-0.2, 0) is 10.2 Å². The molecule has 1 aliphatic carbocycles. The number of nitrogens with two attached hydrogens (primary N) is 1. The largest absolute Gasteiger partial charge is 0.493 e. The molecule has 0 amide bonds. The van der Waals surface area contributed by atoms with Gasteiger partial charge in [0.05, 0.1) is 12.5 Å². The first kappa shape index (κ1) is 11.0. The number of carbonyl (C=O) groups excluding carboxylic acids is 1. The third-order valence-electron chi connectivity index (χ3n) is 3.55. The summed E-state index contributed by atoms with van der Waals surface area (Å²) < 4.78 is 6.75. The second-order valence-corrected chi connectivity index (χ2v) is 4.64. The molecule has 0 aromatic carbocycles. The Labute approximate surface area is 104 Å². The van der Waals surface area contributed by atoms with E-state index in [1.54, 1.807) is 26.2 Å². The van der Waals surface area contributed by atoms with Crippen LogP contribution in [0.1, 0.15) is 25.6 Å². The first-order valence-electron chi connectivity index (χ1n) is 5.79. The summed E-state index contributed by atoms with van der Waals surface area (Å²) in [5.74, 6) is 1.73. The predicted molar refractivity (Wildman–Crippen MR) is 65.5 cm³/mol. The Balaban J connectivity index is 2.23. The van der Waals surface area contributed by atoms with Crippen molar-refractivity contribution < 1.29 is 9.53 Å². The van der Waals surface area contributed by atoms with Crippen molar-refractivity contribution in [2.75, 3.05) is 12.8 Å². The van der Waals surface area contributed by atoms with E-state index in [1.165, 1.54) is 4.52 Å². The Hall–Kier alpha value is -2.11. The molecule has 0 bridgehead atoms. The quantitative estimate of drug-likeness (QED) is 0.871. The second kappa shape index (κ2) is 3.44. The maximum absolute atomic E-state index is 11.7. The number of nitrogens with zero attached hydrogens (tertiary/aromatic N) is 3. The SMILES string of the molecule is COc1ccc(N)n2nc(C3(C(C)=O)CC3)nc12. The number of aromatic nitrogens is 3. The zero-order chi connectivity index (χ0) is 12.9. The van der Waals surface area contributed by atoms with Crippen LogP contribution in [0.25, 0.3) is 5.65 Å². The van der Waals surface area contributed by atoms with E-state index in [0.717, 1.165) is 12.8 Å². The van der Waals surface area contributed by atoms with E-state index in [1.807, 2.05) is 0 Å². The number of anilines is 1. The van der Waals surface area contributed by atoms with Gasteiger partial charge in [-0.1, -0.05) is 0 Å². The van der Waals surface area contributed by atoms with Crippen LogP contribution in [0, 0.1) is 0 Å². The van der Waals surface area contributed by atoms with E-state index in [0.29, 0.717) is 23.0 Å². The Morgan fingerprint density at radius 2 is 2.22 bits per heavy atom. The normalized spacial score (nSPS) is 16.8. The Morgan fingerprint density at radius 1 is 1.50 bits per heavy atom. The average Bonchev–Trinajstić information content (AvgIpc) is 3.04. The summed E-state index contributed by atoms with van der Waals surface area (Å²) in [6.45, 7) is 1.58. The van der Waals surface area contributed by atoms with E-state index in [2.05, 4.69) is 10.1 Å². The lowest BCUT2D eigenvalue weighted by atomic mass is 10.0. The van der Waals surface area contributed by atoms with Gasteiger partial charge in [-0.3, -0.25) is 4.79 Å². The zero-order valence-corrected chi connectivity index (χ0v) is 10.3. The highest BCUT2D eigenvalue weighted by molar-refractivity contribution is 5.90. The molecule has 6 nitrogen and oxygen atoms in total. The van der Waals surface area contributed by atoms with Crippen molar-refractivity contribution in [3.05, 3.63) is 18.0 Å². The minimum absolute atomic E-state index is 0.107. The average molecular weight is 246 g/mol. The molecule has 0 atom stereocenters. The Bertz CT molecular complexity index is 643. The molecule has 2 N–H and O–H groups in total. The van der Waals surface area contributed by atoms with Gasteiger partial charge in [-0.25, -0.2) is 4.98 Å². The highest BCUT2D eigenvalue weighted by Crippen LogP contribution is 2.47. The van der Waals surface area contributed by atoms with E-state index in [4.69, 9.17) is 10.5 Å². The summed E-state index contributed by atoms with van der Waals surface area (Å²) in [4.78, 5) is 16.1. The van der Waals surface area contributed by atoms with Gasteiger partial charge < -0.3 is 10.5 Å². The molecule has 0 aliphatic heterocycles. The number of nitrogen functional groups attached to an aromatic ring is 1. The number of fused-ring (bicyclic) bond motifs is 1. The highest BCUT2D eigenvalue weighted by atomic mass is 16.5. The van der Waals surface area contributed by atoms with Gasteiger partial charge in [-0.05, 0) is 31.9 Å². The lowest BCUT2D eigenvalue weighted by Gasteiger charge is -2.03. The summed E-state index contributed by atoms with van der Waals surface area (Å²) in [7, 11) is 1.57. The molecular weight excluding hydrogens is 232 g/mol. The molecule has 2 aromatic heterocycles. The number of hydrogen-bond donors (Lipinski definition) is 1. The summed E-state index contributed by atoms with van der Waals surface area (Å²) in [5.41, 5.74) is 5.91. The van der Waals surface area contributed by atoms with Crippen LogP contribution in [0.5, 0.6) is 5.75 Å². The molecule has 1 saturated carbocycles. The van der Waals surface area contributed by atoms with Crippen molar-refractivity contribution in [1.29, 1.82) is 0 Å². The van der Waals surface area contributed by atoms with Crippen molar-refractivity contribution in [2.45, 2.75) is 25.2 Å². The monoisotopic (exact) mass is 246 g/mol. The standard InChI is InChI=1S/C12H14N4O2/c1-7(17)12(5-6-12)11-14-10-8(18-2)3-4-9(13)16(10)15-11/h3-4H,5-6,13H2,1-2H3. The van der Waals surface area contributed by atoms with Crippen LogP contribution in [0.4, 0.5) is 5.82 Å². The molecule has 2 aromatic rings. The van der Waals surface area contributed by atoms with Crippen molar-refractivity contribution in [3.8, 4) is 5.75 Å². The van der Waals surface area contributed by atoms with Crippen LogP contribution in [0.3, 0.4) is 0 Å². The van der Waals surface area contributed by atoms with E-state index < -0.39 is 5.41 Å². The number of methoxy groups -OCH3 is 1. The number of carbonyl (C=O) groups is 1. The number of rotatable bonds is 3. The number of hydrogen-bond acceptors (Lipinski definition) is 5. The van der Waals surface area contributed by atoms with Gasteiger partial charge >= 0.3 is 0 Å². The topological polar surface area (TPSA) is 82.5 Å². The van der Waals surface area contributed by atoms with Gasteiger partial charge in [0, 0.05) is 0 Å². The van der Waals surface area contributed by atoms with Gasteiger partial charge in [0.2, 0.25) is 0 Å². The van der Waals surface area contributed by atoms with Gasteiger partial charge in [-0.15, -0.1) is 5.10 Å². The first-order chi connectivity index (χ1) is 8.58. The van der Waals surface area contributed by atoms with Crippen LogP contribution in [0.15, 0.2) is 12.1 Å². The minimum atomic E-state index is -0.497. The molecule has 18 heavy (non-hydrogen) atoms. The molecule has 0 spiro atoms. The molecule has 3 rings (SSSR count). The molecule has 0 unspecified atom stereocenters. The lowest BCUT2D eigenvalue weighted by Crippen LogP contribution is -2.18. The summed E-state index contributed by atoms with van der Waals surface area (Å²) in [6.07, 6.45) is 1.61. The maximum atomic E-state index is 11.7. The summed E-state index contributed by atoms with van der Waals surface area (Å²) in [5, 5.41) is 4.36. The first-order valence-corrected chi connectivity index (χ1v) is 5.79. The molecule has 0 saturated heterocycles. The zero-order valence-electron chi connectivity index (χ0n) is 10.3. The van der Waals surface area contributed by atoms with Gasteiger partial charge in [0.1, 0.15) is 11.6 Å².